The van der Waals surface area contributed by atoms with Gasteiger partial charge in [0.25, 0.3) is 0 Å². The molecule has 0 saturated heterocycles. The molecule has 1 aliphatic rings. The Hall–Kier alpha value is -1.51. The van der Waals surface area contributed by atoms with E-state index >= 15 is 0 Å². The summed E-state index contributed by atoms with van der Waals surface area (Å²) < 4.78 is 0. The Morgan fingerprint density at radius 3 is 2.29 bits per heavy atom. The van der Waals surface area contributed by atoms with E-state index in [-0.39, 0.29) is 5.41 Å². The Labute approximate surface area is 83.8 Å². The number of hydrogen-bond acceptors (Lipinski definition) is 2. The van der Waals surface area contributed by atoms with Crippen molar-refractivity contribution in [1.82, 2.24) is 0 Å². The van der Waals surface area contributed by atoms with Crippen molar-refractivity contribution >= 4 is 5.84 Å². The fourth-order valence-corrected chi connectivity index (χ4v) is 2.10. The molecule has 0 aliphatic heterocycles. The van der Waals surface area contributed by atoms with E-state index in [0.717, 1.165) is 12.8 Å². The van der Waals surface area contributed by atoms with Crippen LogP contribution in [0.1, 0.15) is 24.8 Å². The lowest BCUT2D eigenvalue weighted by atomic mass is 9.63. The van der Waals surface area contributed by atoms with Crippen LogP contribution in [0.3, 0.4) is 0 Å². The van der Waals surface area contributed by atoms with E-state index in [4.69, 9.17) is 11.6 Å². The number of hydrogen-bond donors (Lipinski definition) is 2. The van der Waals surface area contributed by atoms with E-state index in [1.54, 1.807) is 0 Å². The van der Waals surface area contributed by atoms with Crippen LogP contribution in [0.2, 0.25) is 0 Å². The molecule has 1 aromatic carbocycles. The van der Waals surface area contributed by atoms with Gasteiger partial charge in [0.1, 0.15) is 5.84 Å². The van der Waals surface area contributed by atoms with Crippen LogP contribution in [0.25, 0.3) is 0 Å². The highest BCUT2D eigenvalue weighted by atomic mass is 15.2. The van der Waals surface area contributed by atoms with Crippen molar-refractivity contribution in [3.63, 3.8) is 0 Å². The molecular formula is C11H15N3. The molecule has 74 valence electrons. The molecule has 0 aromatic heterocycles. The summed E-state index contributed by atoms with van der Waals surface area (Å²) >= 11 is 0. The summed E-state index contributed by atoms with van der Waals surface area (Å²) in [6.45, 7) is 0. The van der Waals surface area contributed by atoms with Crippen LogP contribution in [0.15, 0.2) is 35.4 Å². The lowest BCUT2D eigenvalue weighted by Crippen LogP contribution is -2.47. The Bertz CT molecular complexity index is 339. The number of nitrogens with zero attached hydrogens (tertiary/aromatic N) is 1. The van der Waals surface area contributed by atoms with E-state index in [0.29, 0.717) is 5.84 Å². The third kappa shape index (κ3) is 1.16. The van der Waals surface area contributed by atoms with Crippen LogP contribution < -0.4 is 11.6 Å². The molecule has 3 nitrogen and oxygen atoms in total. The normalized spacial score (nSPS) is 20.1. The first-order chi connectivity index (χ1) is 6.79. The number of rotatable bonds is 2. The van der Waals surface area contributed by atoms with Gasteiger partial charge in [0.2, 0.25) is 0 Å². The van der Waals surface area contributed by atoms with Crippen molar-refractivity contribution in [2.24, 2.45) is 16.7 Å². The standard InChI is InChI=1S/C11H15N3/c12-10(14-13)11(7-4-8-11)9-5-2-1-3-6-9/h1-3,5-6H,4,7-8,13H2,(H2,12,14). The fraction of sp³-hybridized carbons (Fsp3) is 0.364. The van der Waals surface area contributed by atoms with Gasteiger partial charge in [0.05, 0.1) is 5.41 Å². The zero-order valence-corrected chi connectivity index (χ0v) is 8.11. The molecule has 0 spiro atoms. The van der Waals surface area contributed by atoms with E-state index in [1.165, 1.54) is 12.0 Å². The lowest BCUT2D eigenvalue weighted by molar-refractivity contribution is 0.337. The maximum atomic E-state index is 5.87. The zero-order valence-electron chi connectivity index (χ0n) is 8.11. The van der Waals surface area contributed by atoms with Gasteiger partial charge in [-0.05, 0) is 18.4 Å². The third-order valence-corrected chi connectivity index (χ3v) is 3.16. The van der Waals surface area contributed by atoms with Gasteiger partial charge in [0.15, 0.2) is 0 Å². The summed E-state index contributed by atoms with van der Waals surface area (Å²) in [7, 11) is 0. The van der Waals surface area contributed by atoms with E-state index in [2.05, 4.69) is 17.2 Å². The van der Waals surface area contributed by atoms with Crippen molar-refractivity contribution in [2.75, 3.05) is 0 Å². The fourth-order valence-electron chi connectivity index (χ4n) is 2.10. The first kappa shape index (κ1) is 9.06. The molecule has 0 radical (unpaired) electrons. The molecule has 3 heteroatoms. The van der Waals surface area contributed by atoms with Crippen LogP contribution in [-0.2, 0) is 5.41 Å². The van der Waals surface area contributed by atoms with Gasteiger partial charge in [-0.2, -0.15) is 5.10 Å². The van der Waals surface area contributed by atoms with Crippen LogP contribution in [0.5, 0.6) is 0 Å². The van der Waals surface area contributed by atoms with E-state index in [9.17, 15) is 0 Å². The Kier molecular flexibility index (Phi) is 2.15. The number of amidine groups is 1. The Balaban J connectivity index is 2.39. The van der Waals surface area contributed by atoms with Crippen molar-refractivity contribution < 1.29 is 0 Å². The van der Waals surface area contributed by atoms with Gasteiger partial charge in [-0.3, -0.25) is 0 Å². The van der Waals surface area contributed by atoms with E-state index < -0.39 is 0 Å². The van der Waals surface area contributed by atoms with Gasteiger partial charge in [-0.15, -0.1) is 0 Å². The second-order valence-corrected chi connectivity index (χ2v) is 3.82. The highest BCUT2D eigenvalue weighted by molar-refractivity contribution is 5.92. The topological polar surface area (TPSA) is 64.4 Å². The van der Waals surface area contributed by atoms with Crippen molar-refractivity contribution in [3.05, 3.63) is 35.9 Å². The van der Waals surface area contributed by atoms with Gasteiger partial charge in [0, 0.05) is 0 Å². The number of hydrazone groups is 1. The average Bonchev–Trinajstić information content (AvgIpc) is 2.17. The average molecular weight is 189 g/mol. The molecule has 4 N–H and O–H groups in total. The minimum atomic E-state index is -0.0734. The zero-order chi connectivity index (χ0) is 10.0. The maximum Gasteiger partial charge on any atom is 0.130 e. The van der Waals surface area contributed by atoms with Crippen molar-refractivity contribution in [3.8, 4) is 0 Å². The summed E-state index contributed by atoms with van der Waals surface area (Å²) in [6, 6.07) is 10.2. The summed E-state index contributed by atoms with van der Waals surface area (Å²) in [5, 5.41) is 3.65. The maximum absolute atomic E-state index is 5.87. The van der Waals surface area contributed by atoms with Gasteiger partial charge in [-0.1, -0.05) is 36.8 Å². The molecule has 0 atom stereocenters. The molecule has 0 unspecified atom stereocenters. The predicted octanol–water partition coefficient (Wildman–Crippen LogP) is 1.34. The van der Waals surface area contributed by atoms with Crippen LogP contribution in [-0.4, -0.2) is 5.84 Å². The number of benzene rings is 1. The molecular weight excluding hydrogens is 174 g/mol. The second kappa shape index (κ2) is 3.33. The summed E-state index contributed by atoms with van der Waals surface area (Å²) in [4.78, 5) is 0. The van der Waals surface area contributed by atoms with Gasteiger partial charge >= 0.3 is 0 Å². The first-order valence-electron chi connectivity index (χ1n) is 4.89. The second-order valence-electron chi connectivity index (χ2n) is 3.82. The summed E-state index contributed by atoms with van der Waals surface area (Å²) in [5.74, 6) is 5.83. The van der Waals surface area contributed by atoms with Crippen LogP contribution in [0.4, 0.5) is 0 Å². The molecule has 1 aliphatic carbocycles. The minimum absolute atomic E-state index is 0.0734. The Morgan fingerprint density at radius 1 is 1.21 bits per heavy atom. The Morgan fingerprint density at radius 2 is 1.86 bits per heavy atom. The SMILES string of the molecule is N/N=C(\N)C1(c2ccccc2)CCC1. The monoisotopic (exact) mass is 189 g/mol. The third-order valence-electron chi connectivity index (χ3n) is 3.16. The molecule has 0 bridgehead atoms. The van der Waals surface area contributed by atoms with Gasteiger partial charge in [-0.25, -0.2) is 0 Å². The molecule has 1 saturated carbocycles. The predicted molar refractivity (Wildman–Crippen MR) is 57.8 cm³/mol. The van der Waals surface area contributed by atoms with Crippen molar-refractivity contribution in [1.29, 1.82) is 0 Å². The first-order valence-corrected chi connectivity index (χ1v) is 4.89. The largest absolute Gasteiger partial charge is 0.385 e. The minimum Gasteiger partial charge on any atom is -0.385 e. The molecule has 0 amide bonds. The summed E-state index contributed by atoms with van der Waals surface area (Å²) in [6.07, 6.45) is 3.32. The number of nitrogens with two attached hydrogens (primary N) is 2. The van der Waals surface area contributed by atoms with Crippen LogP contribution in [0, 0.1) is 0 Å². The van der Waals surface area contributed by atoms with E-state index in [1.807, 2.05) is 18.2 Å². The highest BCUT2D eigenvalue weighted by Gasteiger charge is 2.42. The molecule has 1 fully saturated rings. The molecule has 1 aromatic rings. The van der Waals surface area contributed by atoms with Crippen molar-refractivity contribution in [2.45, 2.75) is 24.7 Å². The summed E-state index contributed by atoms with van der Waals surface area (Å²) in [5.41, 5.74) is 7.03. The molecule has 2 rings (SSSR count). The smallest absolute Gasteiger partial charge is 0.130 e. The highest BCUT2D eigenvalue weighted by Crippen LogP contribution is 2.43. The molecule has 0 heterocycles. The lowest BCUT2D eigenvalue weighted by Gasteiger charge is -2.41. The molecule has 14 heavy (non-hydrogen) atoms. The quantitative estimate of drug-likeness (QED) is 0.319. The van der Waals surface area contributed by atoms with Crippen LogP contribution >= 0.6 is 0 Å². The van der Waals surface area contributed by atoms with Gasteiger partial charge < -0.3 is 11.6 Å².